The van der Waals surface area contributed by atoms with E-state index < -0.39 is 0 Å². The number of nitrogens with one attached hydrogen (secondary N) is 2. The SMILES string of the molecule is CCn1c(CCC(=O)Nc2ccc(F)cc2)nnc1SCC(=O)Nc1ccccc1. The number of nitrogens with zero attached hydrogens (tertiary/aromatic N) is 3. The topological polar surface area (TPSA) is 88.9 Å². The number of aromatic nitrogens is 3. The maximum absolute atomic E-state index is 12.9. The quantitative estimate of drug-likeness (QED) is 0.508. The molecule has 0 atom stereocenters. The molecular weight excluding hydrogens is 405 g/mol. The van der Waals surface area contributed by atoms with E-state index in [1.165, 1.54) is 36.0 Å². The Bertz CT molecular complexity index is 992. The highest BCUT2D eigenvalue weighted by Crippen LogP contribution is 2.19. The van der Waals surface area contributed by atoms with E-state index in [9.17, 15) is 14.0 Å². The molecule has 156 valence electrons. The second-order valence-electron chi connectivity index (χ2n) is 6.40. The number of hydrogen-bond acceptors (Lipinski definition) is 5. The van der Waals surface area contributed by atoms with Crippen molar-refractivity contribution >= 4 is 35.0 Å². The first kappa shape index (κ1) is 21.5. The zero-order valence-electron chi connectivity index (χ0n) is 16.5. The summed E-state index contributed by atoms with van der Waals surface area (Å²) in [4.78, 5) is 24.3. The second-order valence-corrected chi connectivity index (χ2v) is 7.34. The van der Waals surface area contributed by atoms with Crippen molar-refractivity contribution in [2.75, 3.05) is 16.4 Å². The number of carbonyl (C=O) groups excluding carboxylic acids is 2. The summed E-state index contributed by atoms with van der Waals surface area (Å²) in [5.41, 5.74) is 1.28. The Morgan fingerprint density at radius 3 is 2.33 bits per heavy atom. The standard InChI is InChI=1S/C21H22FN5O2S/c1-2-27-18(12-13-19(28)23-17-10-8-15(22)9-11-17)25-26-21(27)30-14-20(29)24-16-6-4-3-5-7-16/h3-11H,2,12-14H2,1H3,(H,23,28)(H,24,29). The van der Waals surface area contributed by atoms with Crippen molar-refractivity contribution in [1.82, 2.24) is 14.8 Å². The van der Waals surface area contributed by atoms with Gasteiger partial charge >= 0.3 is 0 Å². The summed E-state index contributed by atoms with van der Waals surface area (Å²) in [5, 5.41) is 14.5. The van der Waals surface area contributed by atoms with Crippen LogP contribution in [0.4, 0.5) is 15.8 Å². The first-order valence-electron chi connectivity index (χ1n) is 9.50. The number of benzene rings is 2. The maximum atomic E-state index is 12.9. The molecular formula is C21H22FN5O2S. The summed E-state index contributed by atoms with van der Waals surface area (Å²) in [6.07, 6.45) is 0.624. The summed E-state index contributed by atoms with van der Waals surface area (Å²) in [6.45, 7) is 2.59. The number of anilines is 2. The van der Waals surface area contributed by atoms with E-state index in [0.717, 1.165) is 5.69 Å². The summed E-state index contributed by atoms with van der Waals surface area (Å²) in [5.74, 6) is 0.211. The largest absolute Gasteiger partial charge is 0.326 e. The number of carbonyl (C=O) groups is 2. The van der Waals surface area contributed by atoms with Crippen molar-refractivity contribution < 1.29 is 14.0 Å². The van der Waals surface area contributed by atoms with Crippen LogP contribution in [0, 0.1) is 5.82 Å². The van der Waals surface area contributed by atoms with E-state index in [1.807, 2.05) is 41.8 Å². The van der Waals surface area contributed by atoms with E-state index in [0.29, 0.717) is 29.6 Å². The molecule has 0 aliphatic heterocycles. The molecule has 0 aliphatic rings. The van der Waals surface area contributed by atoms with E-state index >= 15 is 0 Å². The highest BCUT2D eigenvalue weighted by molar-refractivity contribution is 7.99. The van der Waals surface area contributed by atoms with Crippen LogP contribution in [-0.2, 0) is 22.6 Å². The summed E-state index contributed by atoms with van der Waals surface area (Å²) in [6, 6.07) is 14.9. The van der Waals surface area contributed by atoms with Crippen molar-refractivity contribution in [3.05, 3.63) is 66.2 Å². The number of para-hydroxylation sites is 1. The van der Waals surface area contributed by atoms with Crippen LogP contribution in [0.15, 0.2) is 59.8 Å². The normalized spacial score (nSPS) is 10.6. The average molecular weight is 428 g/mol. The molecule has 0 bridgehead atoms. The molecule has 2 N–H and O–H groups in total. The highest BCUT2D eigenvalue weighted by Gasteiger charge is 2.14. The molecule has 0 aliphatic carbocycles. The van der Waals surface area contributed by atoms with Crippen molar-refractivity contribution in [2.45, 2.75) is 31.5 Å². The van der Waals surface area contributed by atoms with Gasteiger partial charge in [0, 0.05) is 30.8 Å². The molecule has 3 aromatic rings. The van der Waals surface area contributed by atoms with Gasteiger partial charge in [-0.05, 0) is 43.3 Å². The van der Waals surface area contributed by atoms with Gasteiger partial charge in [-0.3, -0.25) is 9.59 Å². The fraction of sp³-hybridized carbons (Fsp3) is 0.238. The number of thioether (sulfide) groups is 1. The summed E-state index contributed by atoms with van der Waals surface area (Å²) in [7, 11) is 0. The van der Waals surface area contributed by atoms with Gasteiger partial charge in [-0.25, -0.2) is 4.39 Å². The van der Waals surface area contributed by atoms with Gasteiger partial charge in [0.05, 0.1) is 5.75 Å². The lowest BCUT2D eigenvalue weighted by Gasteiger charge is -2.08. The lowest BCUT2D eigenvalue weighted by molar-refractivity contribution is -0.116. The van der Waals surface area contributed by atoms with Crippen molar-refractivity contribution in [3.63, 3.8) is 0 Å². The van der Waals surface area contributed by atoms with E-state index in [2.05, 4.69) is 20.8 Å². The van der Waals surface area contributed by atoms with Crippen LogP contribution >= 0.6 is 11.8 Å². The Balaban J connectivity index is 1.51. The van der Waals surface area contributed by atoms with Gasteiger partial charge < -0.3 is 15.2 Å². The minimum Gasteiger partial charge on any atom is -0.326 e. The van der Waals surface area contributed by atoms with Gasteiger partial charge in [-0.15, -0.1) is 10.2 Å². The maximum Gasteiger partial charge on any atom is 0.234 e. The minimum absolute atomic E-state index is 0.128. The molecule has 2 amide bonds. The zero-order valence-corrected chi connectivity index (χ0v) is 17.3. The number of halogens is 1. The third-order valence-electron chi connectivity index (χ3n) is 4.20. The van der Waals surface area contributed by atoms with Crippen molar-refractivity contribution in [3.8, 4) is 0 Å². The van der Waals surface area contributed by atoms with Crippen molar-refractivity contribution in [1.29, 1.82) is 0 Å². The van der Waals surface area contributed by atoms with Gasteiger partial charge in [0.15, 0.2) is 5.16 Å². The van der Waals surface area contributed by atoms with Crippen molar-refractivity contribution in [2.24, 2.45) is 0 Å². The number of amides is 2. The Morgan fingerprint density at radius 1 is 0.967 bits per heavy atom. The summed E-state index contributed by atoms with van der Waals surface area (Å²) >= 11 is 1.30. The monoisotopic (exact) mass is 427 g/mol. The van der Waals surface area contributed by atoms with E-state index in [-0.39, 0.29) is 29.8 Å². The second kappa shape index (κ2) is 10.5. The van der Waals surface area contributed by atoms with E-state index in [1.54, 1.807) is 0 Å². The average Bonchev–Trinajstić information content (AvgIpc) is 3.15. The molecule has 2 aromatic carbocycles. The molecule has 1 heterocycles. The van der Waals surface area contributed by atoms with Crippen LogP contribution in [0.3, 0.4) is 0 Å². The van der Waals surface area contributed by atoms with Gasteiger partial charge in [0.25, 0.3) is 0 Å². The number of rotatable bonds is 9. The summed E-state index contributed by atoms with van der Waals surface area (Å²) < 4.78 is 14.8. The fourth-order valence-electron chi connectivity index (χ4n) is 2.76. The predicted octanol–water partition coefficient (Wildman–Crippen LogP) is 3.74. The van der Waals surface area contributed by atoms with Gasteiger partial charge in [0.1, 0.15) is 11.6 Å². The lowest BCUT2D eigenvalue weighted by atomic mass is 10.2. The Morgan fingerprint density at radius 2 is 1.63 bits per heavy atom. The number of hydrogen-bond donors (Lipinski definition) is 2. The Labute approximate surface area is 178 Å². The smallest absolute Gasteiger partial charge is 0.234 e. The molecule has 7 nitrogen and oxygen atoms in total. The van der Waals surface area contributed by atoms with Gasteiger partial charge in [-0.2, -0.15) is 0 Å². The highest BCUT2D eigenvalue weighted by atomic mass is 32.2. The molecule has 0 spiro atoms. The molecule has 1 aromatic heterocycles. The third kappa shape index (κ3) is 6.15. The zero-order chi connectivity index (χ0) is 21.3. The lowest BCUT2D eigenvalue weighted by Crippen LogP contribution is -2.15. The molecule has 0 fully saturated rings. The third-order valence-corrected chi connectivity index (χ3v) is 5.17. The van der Waals surface area contributed by atoms with Crippen LogP contribution in [0.1, 0.15) is 19.2 Å². The molecule has 0 radical (unpaired) electrons. The van der Waals surface area contributed by atoms with Gasteiger partial charge in [0.2, 0.25) is 11.8 Å². The van der Waals surface area contributed by atoms with Crippen LogP contribution in [-0.4, -0.2) is 32.3 Å². The van der Waals surface area contributed by atoms with Crippen LogP contribution < -0.4 is 10.6 Å². The Hall–Kier alpha value is -3.20. The van der Waals surface area contributed by atoms with Crippen LogP contribution in [0.2, 0.25) is 0 Å². The van der Waals surface area contributed by atoms with Crippen LogP contribution in [0.5, 0.6) is 0 Å². The fourth-order valence-corrected chi connectivity index (χ4v) is 3.58. The van der Waals surface area contributed by atoms with Crippen LogP contribution in [0.25, 0.3) is 0 Å². The molecule has 30 heavy (non-hydrogen) atoms. The molecule has 0 unspecified atom stereocenters. The predicted molar refractivity (Wildman–Crippen MR) is 115 cm³/mol. The minimum atomic E-state index is -0.355. The van der Waals surface area contributed by atoms with E-state index in [4.69, 9.17) is 0 Å². The Kier molecular flexibility index (Phi) is 7.56. The van der Waals surface area contributed by atoms with Gasteiger partial charge in [-0.1, -0.05) is 30.0 Å². The molecule has 0 saturated carbocycles. The molecule has 0 saturated heterocycles. The molecule has 3 rings (SSSR count). The first-order chi connectivity index (χ1) is 14.5. The number of aryl methyl sites for hydroxylation is 1. The molecule has 9 heteroatoms. The first-order valence-corrected chi connectivity index (χ1v) is 10.5.